The van der Waals surface area contributed by atoms with Gasteiger partial charge in [0, 0.05) is 5.02 Å². The zero-order chi connectivity index (χ0) is 10.1. The molecule has 72 valence electrons. The van der Waals surface area contributed by atoms with E-state index in [1.807, 2.05) is 0 Å². The van der Waals surface area contributed by atoms with Gasteiger partial charge in [0.2, 0.25) is 0 Å². The number of allylic oxidation sites excluding steroid dienone is 1. The maximum absolute atomic E-state index is 11.4. The summed E-state index contributed by atoms with van der Waals surface area (Å²) < 4.78 is 0. The molecule has 0 fully saturated rings. The monoisotopic (exact) mass is 208 g/mol. The summed E-state index contributed by atoms with van der Waals surface area (Å²) in [6.45, 7) is 1.80. The van der Waals surface area contributed by atoms with Crippen molar-refractivity contribution in [2.45, 2.75) is 6.92 Å². The van der Waals surface area contributed by atoms with Crippen LogP contribution >= 0.6 is 11.6 Å². The molecule has 0 aromatic heterocycles. The van der Waals surface area contributed by atoms with Crippen LogP contribution in [0, 0.1) is 0 Å². The van der Waals surface area contributed by atoms with Crippen molar-refractivity contribution >= 4 is 28.9 Å². The Morgan fingerprint density at radius 1 is 1.29 bits per heavy atom. The van der Waals surface area contributed by atoms with E-state index in [1.54, 1.807) is 31.2 Å². The Morgan fingerprint density at radius 3 is 2.79 bits per heavy atom. The van der Waals surface area contributed by atoms with E-state index >= 15 is 0 Å². The van der Waals surface area contributed by atoms with Gasteiger partial charge in [0.15, 0.2) is 0 Å². The second-order valence-electron chi connectivity index (χ2n) is 2.97. The highest BCUT2D eigenvalue weighted by atomic mass is 35.5. The first-order chi connectivity index (χ1) is 6.70. The molecule has 0 atom stereocenters. The lowest BCUT2D eigenvalue weighted by atomic mass is 10.2. The molecule has 2 rings (SSSR count). The first kappa shape index (κ1) is 9.09. The minimum atomic E-state index is -0.123. The topological polar surface area (TPSA) is 41.1 Å². The number of benzene rings is 1. The number of amides is 1. The Kier molecular flexibility index (Phi) is 2.17. The van der Waals surface area contributed by atoms with E-state index in [-0.39, 0.29) is 5.91 Å². The summed E-state index contributed by atoms with van der Waals surface area (Å²) in [5.41, 5.74) is 2.12. The third-order valence-corrected chi connectivity index (χ3v) is 2.27. The van der Waals surface area contributed by atoms with E-state index in [4.69, 9.17) is 11.6 Å². The molecular formula is C10H9ClN2O. The largest absolute Gasteiger partial charge is 0.350 e. The van der Waals surface area contributed by atoms with Crippen LogP contribution in [0.15, 0.2) is 30.0 Å². The minimum absolute atomic E-state index is 0.123. The number of hydrogen-bond acceptors (Lipinski definition) is 2. The number of hydrogen-bond donors (Lipinski definition) is 2. The summed E-state index contributed by atoms with van der Waals surface area (Å²) in [7, 11) is 0. The average Bonchev–Trinajstić information content (AvgIpc) is 2.17. The Labute approximate surface area is 86.8 Å². The zero-order valence-corrected chi connectivity index (χ0v) is 8.35. The molecule has 1 amide bonds. The highest BCUT2D eigenvalue weighted by Gasteiger charge is 2.18. The molecule has 0 spiro atoms. The van der Waals surface area contributed by atoms with Crippen molar-refractivity contribution in [3.63, 3.8) is 0 Å². The lowest BCUT2D eigenvalue weighted by molar-refractivity contribution is -0.112. The van der Waals surface area contributed by atoms with Crippen molar-refractivity contribution in [1.82, 2.24) is 0 Å². The number of fused-ring (bicyclic) bond motifs is 1. The fraction of sp³-hybridized carbons (Fsp3) is 0.100. The Bertz CT molecular complexity index is 426. The number of carbonyl (C=O) groups excluding carboxylic acids is 1. The van der Waals surface area contributed by atoms with Gasteiger partial charge in [0.25, 0.3) is 5.91 Å². The van der Waals surface area contributed by atoms with E-state index in [9.17, 15) is 4.79 Å². The van der Waals surface area contributed by atoms with Crippen LogP contribution in [-0.2, 0) is 4.79 Å². The molecular weight excluding hydrogens is 200 g/mol. The highest BCUT2D eigenvalue weighted by molar-refractivity contribution is 6.31. The first-order valence-electron chi connectivity index (χ1n) is 4.25. The summed E-state index contributed by atoms with van der Waals surface area (Å²) in [6.07, 6.45) is 1.72. The third kappa shape index (κ3) is 1.46. The van der Waals surface area contributed by atoms with Gasteiger partial charge in [-0.2, -0.15) is 0 Å². The fourth-order valence-corrected chi connectivity index (χ4v) is 1.50. The molecule has 0 saturated carbocycles. The van der Waals surface area contributed by atoms with Crippen molar-refractivity contribution in [1.29, 1.82) is 0 Å². The number of nitrogens with one attached hydrogen (secondary N) is 2. The van der Waals surface area contributed by atoms with Gasteiger partial charge in [0.05, 0.1) is 11.4 Å². The predicted octanol–water partition coefficient (Wildman–Crippen LogP) is 2.61. The maximum Gasteiger partial charge on any atom is 0.271 e. The quantitative estimate of drug-likeness (QED) is 0.644. The molecule has 14 heavy (non-hydrogen) atoms. The van der Waals surface area contributed by atoms with E-state index in [1.165, 1.54) is 0 Å². The van der Waals surface area contributed by atoms with Gasteiger partial charge >= 0.3 is 0 Å². The second-order valence-corrected chi connectivity index (χ2v) is 3.41. The van der Waals surface area contributed by atoms with E-state index in [0.717, 1.165) is 11.4 Å². The molecule has 0 unspecified atom stereocenters. The predicted molar refractivity (Wildman–Crippen MR) is 57.5 cm³/mol. The second kappa shape index (κ2) is 3.35. The van der Waals surface area contributed by atoms with Gasteiger partial charge in [-0.15, -0.1) is 0 Å². The summed E-state index contributed by atoms with van der Waals surface area (Å²) in [5, 5.41) is 6.40. The summed E-state index contributed by atoms with van der Waals surface area (Å²) in [6, 6.07) is 5.29. The van der Waals surface area contributed by atoms with Gasteiger partial charge in [-0.1, -0.05) is 17.7 Å². The standard InChI is InChI=1S/C10H9ClN2O/c1-2-7-10(14)13-8-4-3-6(11)5-9(8)12-7/h2-5,12H,1H3,(H,13,14). The smallest absolute Gasteiger partial charge is 0.271 e. The maximum atomic E-state index is 11.4. The van der Waals surface area contributed by atoms with Crippen LogP contribution in [0.4, 0.5) is 11.4 Å². The first-order valence-corrected chi connectivity index (χ1v) is 4.63. The van der Waals surface area contributed by atoms with Crippen LogP contribution < -0.4 is 10.6 Å². The number of rotatable bonds is 0. The van der Waals surface area contributed by atoms with Crippen LogP contribution in [-0.4, -0.2) is 5.91 Å². The molecule has 2 N–H and O–H groups in total. The molecule has 1 aromatic rings. The zero-order valence-electron chi connectivity index (χ0n) is 7.60. The molecule has 3 nitrogen and oxygen atoms in total. The summed E-state index contributed by atoms with van der Waals surface area (Å²) in [4.78, 5) is 11.4. The number of carbonyl (C=O) groups is 1. The van der Waals surface area contributed by atoms with Crippen molar-refractivity contribution in [2.75, 3.05) is 10.6 Å². The molecule has 1 aliphatic heterocycles. The van der Waals surface area contributed by atoms with Gasteiger partial charge < -0.3 is 10.6 Å². The molecule has 1 aliphatic rings. The van der Waals surface area contributed by atoms with Gasteiger partial charge in [-0.05, 0) is 25.1 Å². The molecule has 0 aliphatic carbocycles. The average molecular weight is 209 g/mol. The van der Waals surface area contributed by atoms with Crippen LogP contribution in [0.1, 0.15) is 6.92 Å². The SMILES string of the molecule is CC=C1Nc2cc(Cl)ccc2NC1=O. The minimum Gasteiger partial charge on any atom is -0.350 e. The van der Waals surface area contributed by atoms with Crippen molar-refractivity contribution in [3.8, 4) is 0 Å². The number of halogens is 1. The molecule has 0 bridgehead atoms. The molecule has 0 radical (unpaired) electrons. The van der Waals surface area contributed by atoms with E-state index in [0.29, 0.717) is 10.7 Å². The number of anilines is 2. The Balaban J connectivity index is 2.46. The van der Waals surface area contributed by atoms with Gasteiger partial charge in [-0.25, -0.2) is 0 Å². The normalized spacial score (nSPS) is 17.3. The van der Waals surface area contributed by atoms with Crippen molar-refractivity contribution in [2.24, 2.45) is 0 Å². The Hall–Kier alpha value is -1.48. The third-order valence-electron chi connectivity index (χ3n) is 2.03. The van der Waals surface area contributed by atoms with Crippen molar-refractivity contribution < 1.29 is 4.79 Å². The molecule has 0 saturated heterocycles. The molecule has 1 heterocycles. The summed E-state index contributed by atoms with van der Waals surface area (Å²) >= 11 is 5.83. The Morgan fingerprint density at radius 2 is 2.07 bits per heavy atom. The van der Waals surface area contributed by atoms with Crippen LogP contribution in [0.3, 0.4) is 0 Å². The summed E-state index contributed by atoms with van der Waals surface area (Å²) in [5.74, 6) is -0.123. The molecule has 1 aromatic carbocycles. The molecule has 4 heteroatoms. The van der Waals surface area contributed by atoms with Gasteiger partial charge in [0.1, 0.15) is 5.70 Å². The fourth-order valence-electron chi connectivity index (χ4n) is 1.32. The van der Waals surface area contributed by atoms with Crippen LogP contribution in [0.2, 0.25) is 5.02 Å². The lowest BCUT2D eigenvalue weighted by Crippen LogP contribution is -2.25. The lowest BCUT2D eigenvalue weighted by Gasteiger charge is -2.20. The van der Waals surface area contributed by atoms with E-state index < -0.39 is 0 Å². The van der Waals surface area contributed by atoms with Gasteiger partial charge in [-0.3, -0.25) is 4.79 Å². The highest BCUT2D eigenvalue weighted by Crippen LogP contribution is 2.30. The van der Waals surface area contributed by atoms with E-state index in [2.05, 4.69) is 10.6 Å². The van der Waals surface area contributed by atoms with Crippen LogP contribution in [0.25, 0.3) is 0 Å². The van der Waals surface area contributed by atoms with Crippen molar-refractivity contribution in [3.05, 3.63) is 35.0 Å². The van der Waals surface area contributed by atoms with Crippen LogP contribution in [0.5, 0.6) is 0 Å².